The van der Waals surface area contributed by atoms with Crippen LogP contribution >= 0.6 is 0 Å². The molecule has 1 fully saturated rings. The minimum absolute atomic E-state index is 0.259. The highest BCUT2D eigenvalue weighted by Crippen LogP contribution is 2.30. The zero-order chi connectivity index (χ0) is 25.8. The lowest BCUT2D eigenvalue weighted by atomic mass is 10.2. The molecule has 1 N–H and O–H groups in total. The summed E-state index contributed by atoms with van der Waals surface area (Å²) in [5, 5.41) is 3.44. The van der Waals surface area contributed by atoms with E-state index in [1.54, 1.807) is 6.07 Å². The molecule has 0 spiro atoms. The number of nitrogens with zero attached hydrogens (tertiary/aromatic N) is 3. The van der Waals surface area contributed by atoms with E-state index in [0.29, 0.717) is 11.3 Å². The van der Waals surface area contributed by atoms with E-state index in [4.69, 9.17) is 9.72 Å². The lowest BCUT2D eigenvalue weighted by Gasteiger charge is -2.36. The summed E-state index contributed by atoms with van der Waals surface area (Å²) in [7, 11) is 0. The number of halogens is 3. The summed E-state index contributed by atoms with van der Waals surface area (Å²) in [6, 6.07) is 24.1. The molecule has 1 aromatic heterocycles. The first-order valence-electron chi connectivity index (χ1n) is 11.9. The SMILES string of the molecule is O=C(COc1cccc2ccc(N3CCN(c4ccccc4)CC3)nc12)Nc1ccc(C(F)(F)F)cc1. The Kier molecular flexibility index (Phi) is 6.85. The maximum absolute atomic E-state index is 12.7. The molecule has 190 valence electrons. The lowest BCUT2D eigenvalue weighted by Crippen LogP contribution is -2.46. The number of aromatic nitrogens is 1. The number of carbonyl (C=O) groups is 1. The quantitative estimate of drug-likeness (QED) is 0.369. The highest BCUT2D eigenvalue weighted by Gasteiger charge is 2.30. The van der Waals surface area contributed by atoms with Crippen molar-refractivity contribution < 1.29 is 22.7 Å². The van der Waals surface area contributed by atoms with Gasteiger partial charge in [-0.2, -0.15) is 13.2 Å². The van der Waals surface area contributed by atoms with Gasteiger partial charge >= 0.3 is 6.18 Å². The van der Waals surface area contributed by atoms with Crippen LogP contribution in [0.5, 0.6) is 5.75 Å². The van der Waals surface area contributed by atoms with Gasteiger partial charge in [-0.15, -0.1) is 0 Å². The third-order valence-corrected chi connectivity index (χ3v) is 6.25. The van der Waals surface area contributed by atoms with Gasteiger partial charge in [0, 0.05) is 42.9 Å². The first kappa shape index (κ1) is 24.4. The van der Waals surface area contributed by atoms with Crippen LogP contribution in [-0.4, -0.2) is 43.7 Å². The van der Waals surface area contributed by atoms with E-state index < -0.39 is 17.6 Å². The number of hydrogen-bond acceptors (Lipinski definition) is 5. The van der Waals surface area contributed by atoms with Gasteiger partial charge in [0.1, 0.15) is 17.1 Å². The third kappa shape index (κ3) is 5.77. The summed E-state index contributed by atoms with van der Waals surface area (Å²) < 4.78 is 44.0. The number of rotatable bonds is 6. The van der Waals surface area contributed by atoms with Gasteiger partial charge in [-0.1, -0.05) is 30.3 Å². The summed E-state index contributed by atoms with van der Waals surface area (Å²) in [5.41, 5.74) is 1.34. The Hall–Kier alpha value is -4.27. The highest BCUT2D eigenvalue weighted by atomic mass is 19.4. The highest BCUT2D eigenvalue weighted by molar-refractivity contribution is 5.92. The molecule has 0 saturated carbocycles. The van der Waals surface area contributed by atoms with Gasteiger partial charge in [0.15, 0.2) is 6.61 Å². The van der Waals surface area contributed by atoms with E-state index >= 15 is 0 Å². The van der Waals surface area contributed by atoms with Crippen molar-refractivity contribution in [2.75, 3.05) is 47.9 Å². The Morgan fingerprint density at radius 3 is 2.24 bits per heavy atom. The predicted octanol–water partition coefficient (Wildman–Crippen LogP) is 5.60. The van der Waals surface area contributed by atoms with Gasteiger partial charge in [-0.25, -0.2) is 4.98 Å². The fraction of sp³-hybridized carbons (Fsp3) is 0.214. The number of anilines is 3. The standard InChI is InChI=1S/C28H25F3N4O2/c29-28(30,31)21-10-12-22(13-11-21)32-26(36)19-37-24-8-4-5-20-9-14-25(33-27(20)24)35-17-15-34(16-18-35)23-6-2-1-3-7-23/h1-14H,15-19H2,(H,32,36). The minimum atomic E-state index is -4.43. The summed E-state index contributed by atoms with van der Waals surface area (Å²) in [6.45, 7) is 3.11. The maximum atomic E-state index is 12.7. The van der Waals surface area contributed by atoms with Crippen LogP contribution in [0.25, 0.3) is 10.9 Å². The Morgan fingerprint density at radius 2 is 1.54 bits per heavy atom. The zero-order valence-electron chi connectivity index (χ0n) is 19.9. The third-order valence-electron chi connectivity index (χ3n) is 6.25. The van der Waals surface area contributed by atoms with Crippen molar-refractivity contribution in [1.29, 1.82) is 0 Å². The van der Waals surface area contributed by atoms with Gasteiger partial charge in [-0.3, -0.25) is 4.79 Å². The fourth-order valence-corrected chi connectivity index (χ4v) is 4.32. The first-order valence-corrected chi connectivity index (χ1v) is 11.9. The second kappa shape index (κ2) is 10.4. The van der Waals surface area contributed by atoms with E-state index in [0.717, 1.165) is 49.5 Å². The lowest BCUT2D eigenvalue weighted by molar-refractivity contribution is -0.137. The van der Waals surface area contributed by atoms with Gasteiger partial charge in [0.05, 0.1) is 5.56 Å². The maximum Gasteiger partial charge on any atom is 0.416 e. The number of pyridine rings is 1. The first-order chi connectivity index (χ1) is 17.9. The summed E-state index contributed by atoms with van der Waals surface area (Å²) in [5.74, 6) is 0.820. The number of carbonyl (C=O) groups excluding carboxylic acids is 1. The Balaban J connectivity index is 1.23. The Bertz CT molecular complexity index is 1370. The monoisotopic (exact) mass is 506 g/mol. The van der Waals surface area contributed by atoms with Crippen molar-refractivity contribution in [3.05, 3.63) is 90.5 Å². The van der Waals surface area contributed by atoms with Crippen LogP contribution in [-0.2, 0) is 11.0 Å². The van der Waals surface area contributed by atoms with E-state index in [2.05, 4.69) is 27.2 Å². The minimum Gasteiger partial charge on any atom is -0.481 e. The van der Waals surface area contributed by atoms with Crippen molar-refractivity contribution in [1.82, 2.24) is 4.98 Å². The number of hydrogen-bond donors (Lipinski definition) is 1. The van der Waals surface area contributed by atoms with Crippen molar-refractivity contribution in [3.8, 4) is 5.75 Å². The van der Waals surface area contributed by atoms with E-state index in [1.807, 2.05) is 42.5 Å². The van der Waals surface area contributed by atoms with Crippen LogP contribution in [0.2, 0.25) is 0 Å². The molecule has 37 heavy (non-hydrogen) atoms. The molecule has 2 heterocycles. The van der Waals surface area contributed by atoms with Crippen molar-refractivity contribution in [2.45, 2.75) is 6.18 Å². The van der Waals surface area contributed by atoms with Gasteiger partial charge < -0.3 is 19.9 Å². The topological polar surface area (TPSA) is 57.7 Å². The Morgan fingerprint density at radius 1 is 0.838 bits per heavy atom. The molecule has 1 saturated heterocycles. The largest absolute Gasteiger partial charge is 0.481 e. The number of fused-ring (bicyclic) bond motifs is 1. The normalized spacial score (nSPS) is 14.0. The van der Waals surface area contributed by atoms with Crippen molar-refractivity contribution in [3.63, 3.8) is 0 Å². The molecule has 1 aliphatic rings. The van der Waals surface area contributed by atoms with Gasteiger partial charge in [0.25, 0.3) is 5.91 Å². The molecular formula is C28H25F3N4O2. The van der Waals surface area contributed by atoms with Gasteiger partial charge in [0.2, 0.25) is 0 Å². The second-order valence-corrected chi connectivity index (χ2v) is 8.72. The average Bonchev–Trinajstić information content (AvgIpc) is 2.92. The van der Waals surface area contributed by atoms with Crippen LogP contribution < -0.4 is 19.9 Å². The molecule has 5 rings (SSSR count). The summed E-state index contributed by atoms with van der Waals surface area (Å²) in [4.78, 5) is 21.8. The molecule has 0 radical (unpaired) electrons. The summed E-state index contributed by atoms with van der Waals surface area (Å²) in [6.07, 6.45) is -4.43. The number of amides is 1. The van der Waals surface area contributed by atoms with Crippen LogP contribution in [0.1, 0.15) is 5.56 Å². The van der Waals surface area contributed by atoms with Crippen molar-refractivity contribution in [2.24, 2.45) is 0 Å². The van der Waals surface area contributed by atoms with E-state index in [1.165, 1.54) is 17.8 Å². The number of ether oxygens (including phenoxy) is 1. The van der Waals surface area contributed by atoms with Crippen molar-refractivity contribution >= 4 is 34.0 Å². The molecule has 0 atom stereocenters. The second-order valence-electron chi connectivity index (χ2n) is 8.72. The number of para-hydroxylation sites is 2. The smallest absolute Gasteiger partial charge is 0.416 e. The average molecular weight is 507 g/mol. The number of nitrogens with one attached hydrogen (secondary N) is 1. The van der Waals surface area contributed by atoms with Gasteiger partial charge in [-0.05, 0) is 54.6 Å². The van der Waals surface area contributed by atoms with Crippen LogP contribution in [0.4, 0.5) is 30.4 Å². The zero-order valence-corrected chi connectivity index (χ0v) is 19.9. The molecule has 9 heteroatoms. The fourth-order valence-electron chi connectivity index (χ4n) is 4.32. The summed E-state index contributed by atoms with van der Waals surface area (Å²) >= 11 is 0. The van der Waals surface area contributed by atoms with Crippen LogP contribution in [0.3, 0.4) is 0 Å². The van der Waals surface area contributed by atoms with E-state index in [-0.39, 0.29) is 12.3 Å². The molecule has 0 bridgehead atoms. The Labute approximate surface area is 212 Å². The number of benzene rings is 3. The molecule has 1 amide bonds. The molecule has 0 unspecified atom stereocenters. The van der Waals surface area contributed by atoms with Crippen LogP contribution in [0, 0.1) is 0 Å². The number of alkyl halides is 3. The molecule has 0 aliphatic carbocycles. The molecule has 3 aromatic carbocycles. The number of piperazine rings is 1. The molecule has 6 nitrogen and oxygen atoms in total. The molecule has 4 aromatic rings. The van der Waals surface area contributed by atoms with E-state index in [9.17, 15) is 18.0 Å². The van der Waals surface area contributed by atoms with Crippen LogP contribution in [0.15, 0.2) is 84.9 Å². The predicted molar refractivity (Wildman–Crippen MR) is 138 cm³/mol. The molecule has 1 aliphatic heterocycles. The molecular weight excluding hydrogens is 481 g/mol.